The van der Waals surface area contributed by atoms with Gasteiger partial charge in [-0.1, -0.05) is 0 Å². The summed E-state index contributed by atoms with van der Waals surface area (Å²) in [4.78, 5) is 2.60. The van der Waals surface area contributed by atoms with Gasteiger partial charge in [-0.25, -0.2) is 0 Å². The average molecular weight is 140 g/mol. The van der Waals surface area contributed by atoms with Crippen molar-refractivity contribution in [3.8, 4) is 0 Å². The lowest BCUT2D eigenvalue weighted by atomic mass is 9.99. The van der Waals surface area contributed by atoms with Gasteiger partial charge in [0.2, 0.25) is 0 Å². The maximum atomic E-state index is 5.86. The van der Waals surface area contributed by atoms with Crippen molar-refractivity contribution < 1.29 is 0 Å². The lowest BCUT2D eigenvalue weighted by molar-refractivity contribution is 0.182. The molecule has 0 bridgehead atoms. The summed E-state index contributed by atoms with van der Waals surface area (Å²) in [6.45, 7) is 2.59. The molecule has 2 nitrogen and oxygen atoms in total. The van der Waals surface area contributed by atoms with Crippen molar-refractivity contribution in [2.24, 2.45) is 5.73 Å². The average Bonchev–Trinajstić information content (AvgIpc) is 2.33. The third-order valence-electron chi connectivity index (χ3n) is 2.86. The predicted octanol–water partition coefficient (Wildman–Crippen LogP) is 0.572. The normalized spacial score (nSPS) is 41.7. The Hall–Kier alpha value is -0.0800. The fraction of sp³-hybridized carbons (Fsp3) is 1.00. The number of nitrogens with zero attached hydrogens (tertiary/aromatic N) is 1. The van der Waals surface area contributed by atoms with E-state index in [1.54, 1.807) is 0 Å². The van der Waals surface area contributed by atoms with E-state index in [4.69, 9.17) is 5.73 Å². The van der Waals surface area contributed by atoms with Crippen molar-refractivity contribution in [1.82, 2.24) is 4.90 Å². The molecule has 2 aliphatic rings. The molecule has 0 saturated carbocycles. The van der Waals surface area contributed by atoms with Crippen LogP contribution >= 0.6 is 0 Å². The third-order valence-corrected chi connectivity index (χ3v) is 2.86. The second-order valence-corrected chi connectivity index (χ2v) is 3.62. The van der Waals surface area contributed by atoms with Crippen LogP contribution in [0.4, 0.5) is 0 Å². The summed E-state index contributed by atoms with van der Waals surface area (Å²) in [5.74, 6) is 0. The van der Waals surface area contributed by atoms with E-state index in [9.17, 15) is 0 Å². The standard InChI is InChI=1S/C8H16N2/c9-7-3-5-10-4-1-2-8(10)6-7/h7-8H,1-6,9H2/t7-,8-/m0/s1. The van der Waals surface area contributed by atoms with E-state index in [2.05, 4.69) is 4.90 Å². The topological polar surface area (TPSA) is 29.3 Å². The van der Waals surface area contributed by atoms with Gasteiger partial charge in [-0.2, -0.15) is 0 Å². The fourth-order valence-electron chi connectivity index (χ4n) is 2.26. The highest BCUT2D eigenvalue weighted by Gasteiger charge is 2.29. The Morgan fingerprint density at radius 1 is 1.20 bits per heavy atom. The van der Waals surface area contributed by atoms with Gasteiger partial charge in [-0.3, -0.25) is 0 Å². The zero-order valence-corrected chi connectivity index (χ0v) is 6.42. The first-order valence-corrected chi connectivity index (χ1v) is 4.36. The van der Waals surface area contributed by atoms with E-state index in [0.29, 0.717) is 6.04 Å². The summed E-state index contributed by atoms with van der Waals surface area (Å²) in [7, 11) is 0. The van der Waals surface area contributed by atoms with Gasteiger partial charge in [0.1, 0.15) is 0 Å². The minimum absolute atomic E-state index is 0.499. The summed E-state index contributed by atoms with van der Waals surface area (Å²) < 4.78 is 0. The molecule has 2 rings (SSSR count). The molecular weight excluding hydrogens is 124 g/mol. The highest BCUT2D eigenvalue weighted by Crippen LogP contribution is 2.25. The van der Waals surface area contributed by atoms with E-state index < -0.39 is 0 Å². The Morgan fingerprint density at radius 2 is 2.10 bits per heavy atom. The van der Waals surface area contributed by atoms with Crippen LogP contribution in [0, 0.1) is 0 Å². The maximum absolute atomic E-state index is 5.86. The number of fused-ring (bicyclic) bond motifs is 1. The molecule has 0 aliphatic carbocycles. The molecule has 0 aromatic heterocycles. The van der Waals surface area contributed by atoms with Gasteiger partial charge in [-0.05, 0) is 38.8 Å². The molecule has 2 heteroatoms. The van der Waals surface area contributed by atoms with Gasteiger partial charge in [0.15, 0.2) is 0 Å². The monoisotopic (exact) mass is 140 g/mol. The minimum Gasteiger partial charge on any atom is -0.328 e. The Bertz CT molecular complexity index is 124. The van der Waals surface area contributed by atoms with Gasteiger partial charge in [0, 0.05) is 12.1 Å². The van der Waals surface area contributed by atoms with Crippen LogP contribution in [-0.2, 0) is 0 Å². The van der Waals surface area contributed by atoms with Crippen molar-refractivity contribution in [2.45, 2.75) is 37.8 Å². The minimum atomic E-state index is 0.499. The third kappa shape index (κ3) is 1.06. The molecule has 10 heavy (non-hydrogen) atoms. The Kier molecular flexibility index (Phi) is 1.66. The number of rotatable bonds is 0. The number of nitrogens with two attached hydrogens (primary N) is 1. The van der Waals surface area contributed by atoms with E-state index in [1.165, 1.54) is 38.8 Å². The van der Waals surface area contributed by atoms with Crippen LogP contribution < -0.4 is 5.73 Å². The summed E-state index contributed by atoms with van der Waals surface area (Å²) in [6, 6.07) is 1.35. The van der Waals surface area contributed by atoms with Gasteiger partial charge in [0.05, 0.1) is 0 Å². The van der Waals surface area contributed by atoms with Crippen molar-refractivity contribution in [3.05, 3.63) is 0 Å². The fourth-order valence-corrected chi connectivity index (χ4v) is 2.26. The van der Waals surface area contributed by atoms with Crippen molar-refractivity contribution in [3.63, 3.8) is 0 Å². The van der Waals surface area contributed by atoms with Crippen LogP contribution in [0.25, 0.3) is 0 Å². The Balaban J connectivity index is 1.96. The Labute approximate surface area is 62.4 Å². The largest absolute Gasteiger partial charge is 0.328 e. The van der Waals surface area contributed by atoms with Gasteiger partial charge < -0.3 is 10.6 Å². The highest BCUT2D eigenvalue weighted by molar-refractivity contribution is 4.87. The molecule has 0 aromatic carbocycles. The lowest BCUT2D eigenvalue weighted by Gasteiger charge is -2.32. The first kappa shape index (κ1) is 6.62. The second kappa shape index (κ2) is 2.51. The zero-order chi connectivity index (χ0) is 6.97. The molecule has 0 aromatic rings. The second-order valence-electron chi connectivity index (χ2n) is 3.62. The Morgan fingerprint density at radius 3 is 3.00 bits per heavy atom. The number of hydrogen-bond donors (Lipinski definition) is 1. The summed E-state index contributed by atoms with van der Waals surface area (Å²) >= 11 is 0. The summed E-state index contributed by atoms with van der Waals surface area (Å²) in [6.07, 6.45) is 5.27. The molecule has 2 saturated heterocycles. The predicted molar refractivity (Wildman–Crippen MR) is 41.8 cm³/mol. The molecule has 58 valence electrons. The van der Waals surface area contributed by atoms with Crippen LogP contribution in [-0.4, -0.2) is 30.1 Å². The van der Waals surface area contributed by atoms with Crippen molar-refractivity contribution in [1.29, 1.82) is 0 Å². The number of hydrogen-bond acceptors (Lipinski definition) is 2. The van der Waals surface area contributed by atoms with E-state index >= 15 is 0 Å². The lowest BCUT2D eigenvalue weighted by Crippen LogP contribution is -2.43. The SMILES string of the molecule is N[C@H]1CCN2CCC[C@H]2C1. The van der Waals surface area contributed by atoms with E-state index in [-0.39, 0.29) is 0 Å². The quantitative estimate of drug-likeness (QED) is 0.533. The summed E-state index contributed by atoms with van der Waals surface area (Å²) in [5.41, 5.74) is 5.86. The van der Waals surface area contributed by atoms with Crippen LogP contribution in [0.2, 0.25) is 0 Å². The van der Waals surface area contributed by atoms with Crippen LogP contribution in [0.15, 0.2) is 0 Å². The van der Waals surface area contributed by atoms with E-state index in [0.717, 1.165) is 6.04 Å². The smallest absolute Gasteiger partial charge is 0.0110 e. The van der Waals surface area contributed by atoms with Gasteiger partial charge in [0.25, 0.3) is 0 Å². The van der Waals surface area contributed by atoms with Crippen LogP contribution in [0.5, 0.6) is 0 Å². The van der Waals surface area contributed by atoms with E-state index in [1.807, 2.05) is 0 Å². The highest BCUT2D eigenvalue weighted by atomic mass is 15.2. The zero-order valence-electron chi connectivity index (χ0n) is 6.42. The molecule has 0 radical (unpaired) electrons. The molecule has 2 N–H and O–H groups in total. The molecule has 0 amide bonds. The van der Waals surface area contributed by atoms with Crippen molar-refractivity contribution in [2.75, 3.05) is 13.1 Å². The maximum Gasteiger partial charge on any atom is 0.0110 e. The summed E-state index contributed by atoms with van der Waals surface area (Å²) in [5, 5.41) is 0. The molecule has 2 aliphatic heterocycles. The molecular formula is C8H16N2. The first-order chi connectivity index (χ1) is 4.86. The molecule has 2 atom stereocenters. The van der Waals surface area contributed by atoms with Crippen LogP contribution in [0.3, 0.4) is 0 Å². The van der Waals surface area contributed by atoms with Gasteiger partial charge >= 0.3 is 0 Å². The van der Waals surface area contributed by atoms with Gasteiger partial charge in [-0.15, -0.1) is 0 Å². The first-order valence-electron chi connectivity index (χ1n) is 4.36. The molecule has 2 fully saturated rings. The number of piperidine rings is 1. The molecule has 0 spiro atoms. The van der Waals surface area contributed by atoms with Crippen molar-refractivity contribution >= 4 is 0 Å². The molecule has 2 heterocycles. The molecule has 0 unspecified atom stereocenters. The van der Waals surface area contributed by atoms with Crippen LogP contribution in [0.1, 0.15) is 25.7 Å².